The molecule has 0 aliphatic heterocycles. The molecule has 3 aromatic rings. The minimum Gasteiger partial charge on any atom is -1.00 e. The number of halogens is 3. The minimum atomic E-state index is 0. The summed E-state index contributed by atoms with van der Waals surface area (Å²) in [5.41, 5.74) is 11.1. The van der Waals surface area contributed by atoms with Crippen molar-refractivity contribution in [3.05, 3.63) is 86.2 Å². The van der Waals surface area contributed by atoms with Crippen LogP contribution in [0.3, 0.4) is 0 Å². The Kier molecular flexibility index (Phi) is 15.4. The van der Waals surface area contributed by atoms with Gasteiger partial charge in [-0.3, -0.25) is 9.98 Å². The van der Waals surface area contributed by atoms with Crippen LogP contribution in [0.15, 0.2) is 46.4 Å². The third-order valence-electron chi connectivity index (χ3n) is 5.83. The van der Waals surface area contributed by atoms with E-state index in [2.05, 4.69) is 65.8 Å². The Balaban J connectivity index is 0.00000408. The van der Waals surface area contributed by atoms with Crippen molar-refractivity contribution in [2.45, 2.75) is 67.2 Å². The average Bonchev–Trinajstić information content (AvgIpc) is 2.80. The summed E-state index contributed by atoms with van der Waals surface area (Å²) in [5, 5.41) is 0.624. The topological polar surface area (TPSA) is 37.6 Å². The summed E-state index contributed by atoms with van der Waals surface area (Å²) in [6.45, 7) is 12.9. The number of aliphatic imine (C=N–C) groups is 2. The van der Waals surface area contributed by atoms with Crippen LogP contribution in [0.1, 0.15) is 72.5 Å². The first-order valence-corrected chi connectivity index (χ1v) is 12.3. The Hall–Kier alpha value is -1.69. The summed E-state index contributed by atoms with van der Waals surface area (Å²) < 4.78 is 0. The second kappa shape index (κ2) is 16.2. The van der Waals surface area contributed by atoms with Crippen LogP contribution in [0.25, 0.3) is 0 Å². The zero-order chi connectivity index (χ0) is 24.0. The van der Waals surface area contributed by atoms with Gasteiger partial charge < -0.3 is 24.8 Å². The van der Waals surface area contributed by atoms with Crippen LogP contribution in [0.2, 0.25) is 5.02 Å². The van der Waals surface area contributed by atoms with E-state index in [1.807, 2.05) is 24.6 Å². The van der Waals surface area contributed by atoms with Crippen LogP contribution < -0.4 is 24.8 Å². The molecule has 0 N–H and O–H groups in total. The van der Waals surface area contributed by atoms with E-state index in [1.165, 1.54) is 33.4 Å². The molecule has 0 spiro atoms. The maximum Gasteiger partial charge on any atom is 2.00 e. The molecular weight excluding hydrogens is 556 g/mol. The van der Waals surface area contributed by atoms with Gasteiger partial charge in [-0.15, -0.1) is 0 Å². The molecule has 0 fully saturated rings. The van der Waals surface area contributed by atoms with E-state index >= 15 is 0 Å². The third kappa shape index (κ3) is 8.71. The Labute approximate surface area is 244 Å². The zero-order valence-electron chi connectivity index (χ0n) is 21.8. The third-order valence-corrected chi connectivity index (χ3v) is 6.05. The summed E-state index contributed by atoms with van der Waals surface area (Å²) in [5.74, 6) is 0. The molecule has 3 rings (SSSR count). The minimum absolute atomic E-state index is 0. The fourth-order valence-electron chi connectivity index (χ4n) is 4.21. The number of pyridine rings is 1. The van der Waals surface area contributed by atoms with Gasteiger partial charge in [-0.05, 0) is 73.9 Å². The van der Waals surface area contributed by atoms with Gasteiger partial charge in [-0.2, -0.15) is 0 Å². The van der Waals surface area contributed by atoms with Gasteiger partial charge in [0.15, 0.2) is 0 Å². The van der Waals surface area contributed by atoms with Gasteiger partial charge in [0.05, 0.1) is 35.2 Å². The van der Waals surface area contributed by atoms with Gasteiger partial charge in [0.2, 0.25) is 0 Å². The van der Waals surface area contributed by atoms with Crippen molar-refractivity contribution in [2.24, 2.45) is 9.98 Å². The van der Waals surface area contributed by atoms with E-state index in [0.29, 0.717) is 5.02 Å². The molecular formula is C29H34Cl3CoN3. The van der Waals surface area contributed by atoms with Crippen LogP contribution in [0.4, 0.5) is 11.4 Å². The molecule has 3 nitrogen and oxygen atoms in total. The Morgan fingerprint density at radius 3 is 1.22 bits per heavy atom. The number of nitrogens with zero attached hydrogens (tertiary/aromatic N) is 3. The summed E-state index contributed by atoms with van der Waals surface area (Å²) in [6.07, 6.45) is 7.40. The summed E-state index contributed by atoms with van der Waals surface area (Å²) in [7, 11) is 0. The fourth-order valence-corrected chi connectivity index (χ4v) is 4.43. The molecule has 195 valence electrons. The van der Waals surface area contributed by atoms with E-state index in [4.69, 9.17) is 26.6 Å². The van der Waals surface area contributed by atoms with Crippen LogP contribution in [-0.2, 0) is 42.5 Å². The molecule has 1 heterocycles. The number of benzene rings is 2. The first-order valence-electron chi connectivity index (χ1n) is 11.9. The molecule has 0 aliphatic carbocycles. The van der Waals surface area contributed by atoms with Gasteiger partial charge in [-0.1, -0.05) is 74.7 Å². The number of rotatable bonds is 8. The first-order chi connectivity index (χ1) is 15.9. The van der Waals surface area contributed by atoms with E-state index in [9.17, 15) is 0 Å². The SMILES string of the molecule is CCc1cc(C)cc(CC)c1N=Cc1cc(Cl)cc(C=Nc2c(CC)cc(C)cc2CC)n1.[Cl-].[Cl-].[Co+2]. The van der Waals surface area contributed by atoms with Gasteiger partial charge in [0.1, 0.15) is 0 Å². The quantitative estimate of drug-likeness (QED) is 0.371. The first kappa shape index (κ1) is 34.3. The van der Waals surface area contributed by atoms with Gasteiger partial charge >= 0.3 is 16.8 Å². The molecule has 1 aromatic heterocycles. The Morgan fingerprint density at radius 2 is 0.944 bits per heavy atom. The van der Waals surface area contributed by atoms with Crippen molar-refractivity contribution < 1.29 is 41.6 Å². The normalized spacial score (nSPS) is 10.8. The second-order valence-corrected chi connectivity index (χ2v) is 8.87. The molecule has 0 unspecified atom stereocenters. The maximum absolute atomic E-state index is 6.43. The van der Waals surface area contributed by atoms with Crippen LogP contribution >= 0.6 is 11.6 Å². The van der Waals surface area contributed by atoms with Crippen molar-refractivity contribution in [3.8, 4) is 0 Å². The second-order valence-electron chi connectivity index (χ2n) is 8.43. The molecule has 7 heteroatoms. The molecule has 0 saturated heterocycles. The predicted octanol–water partition coefficient (Wildman–Crippen LogP) is 2.11. The molecule has 2 aromatic carbocycles. The van der Waals surface area contributed by atoms with Gasteiger partial charge in [0, 0.05) is 5.02 Å². The molecule has 0 aliphatic rings. The van der Waals surface area contributed by atoms with Crippen molar-refractivity contribution in [1.82, 2.24) is 4.98 Å². The largest absolute Gasteiger partial charge is 2.00 e. The average molecular weight is 590 g/mol. The van der Waals surface area contributed by atoms with Crippen LogP contribution in [0, 0.1) is 13.8 Å². The van der Waals surface area contributed by atoms with Crippen molar-refractivity contribution in [2.75, 3.05) is 0 Å². The van der Waals surface area contributed by atoms with Gasteiger partial charge in [0.25, 0.3) is 0 Å². The van der Waals surface area contributed by atoms with E-state index in [-0.39, 0.29) is 41.6 Å². The Morgan fingerprint density at radius 1 is 0.639 bits per heavy atom. The molecule has 1 radical (unpaired) electrons. The zero-order valence-corrected chi connectivity index (χ0v) is 25.1. The van der Waals surface area contributed by atoms with Crippen molar-refractivity contribution in [3.63, 3.8) is 0 Å². The summed E-state index contributed by atoms with van der Waals surface area (Å²) in [6, 6.07) is 12.5. The van der Waals surface area contributed by atoms with Crippen LogP contribution in [-0.4, -0.2) is 17.4 Å². The van der Waals surface area contributed by atoms with Gasteiger partial charge in [-0.25, -0.2) is 4.98 Å². The molecule has 0 amide bonds. The number of aryl methyl sites for hydroxylation is 6. The number of hydrogen-bond acceptors (Lipinski definition) is 3. The standard InChI is InChI=1S/C29H34ClN3.2ClH.Co/c1-7-21-11-19(5)12-22(8-2)28(21)31-17-26-15-25(30)16-27(33-26)18-32-29-23(9-3)13-20(6)14-24(29)10-4;;;/h11-18H,7-10H2,1-6H3;2*1H;/q;;;+2/p-2. The molecule has 36 heavy (non-hydrogen) atoms. The molecule has 0 atom stereocenters. The maximum atomic E-state index is 6.43. The van der Waals surface area contributed by atoms with E-state index < -0.39 is 0 Å². The molecule has 0 bridgehead atoms. The number of hydrogen-bond donors (Lipinski definition) is 0. The van der Waals surface area contributed by atoms with Crippen molar-refractivity contribution >= 4 is 35.4 Å². The van der Waals surface area contributed by atoms with E-state index in [1.54, 1.807) is 0 Å². The summed E-state index contributed by atoms with van der Waals surface area (Å²) in [4.78, 5) is 14.4. The summed E-state index contributed by atoms with van der Waals surface area (Å²) >= 11 is 6.43. The Bertz CT molecular complexity index is 1070. The fraction of sp³-hybridized carbons (Fsp3) is 0.345. The van der Waals surface area contributed by atoms with Crippen LogP contribution in [0.5, 0.6) is 0 Å². The predicted molar refractivity (Wildman–Crippen MR) is 144 cm³/mol. The van der Waals surface area contributed by atoms with Crippen molar-refractivity contribution in [1.29, 1.82) is 0 Å². The van der Waals surface area contributed by atoms with E-state index in [0.717, 1.165) is 48.4 Å². The number of aromatic nitrogens is 1. The smallest absolute Gasteiger partial charge is 1.00 e. The monoisotopic (exact) mass is 588 g/mol. The molecule has 0 saturated carbocycles.